The Morgan fingerprint density at radius 1 is 1.06 bits per heavy atom. The highest BCUT2D eigenvalue weighted by atomic mass is 35.5. The molecule has 1 aliphatic heterocycles. The summed E-state index contributed by atoms with van der Waals surface area (Å²) in [5.41, 5.74) is 3.37. The molecule has 5 nitrogen and oxygen atoms in total. The Labute approximate surface area is 198 Å². The Morgan fingerprint density at radius 3 is 2.50 bits per heavy atom. The van der Waals surface area contributed by atoms with Crippen molar-refractivity contribution in [3.63, 3.8) is 0 Å². The minimum atomic E-state index is 0.158. The van der Waals surface area contributed by atoms with Crippen molar-refractivity contribution < 1.29 is 4.79 Å². The maximum atomic E-state index is 13.1. The largest absolute Gasteiger partial charge is 0.354 e. The zero-order chi connectivity index (χ0) is 23.1. The summed E-state index contributed by atoms with van der Waals surface area (Å²) in [6.45, 7) is 11.6. The third-order valence-corrected chi connectivity index (χ3v) is 6.71. The summed E-state index contributed by atoms with van der Waals surface area (Å²) in [5, 5.41) is 0.743. The van der Waals surface area contributed by atoms with Crippen LogP contribution in [0.4, 0.5) is 5.82 Å². The SMILES string of the molecule is CCCCC(CC)C(=O)N1CCCN(c2nc(C)nc(C)c2Cc2ccc(Cl)cc2)CC1. The summed E-state index contributed by atoms with van der Waals surface area (Å²) in [6.07, 6.45) is 5.92. The smallest absolute Gasteiger partial charge is 0.225 e. The van der Waals surface area contributed by atoms with Crippen LogP contribution < -0.4 is 4.90 Å². The van der Waals surface area contributed by atoms with Gasteiger partial charge in [-0.05, 0) is 50.8 Å². The number of anilines is 1. The van der Waals surface area contributed by atoms with Crippen LogP contribution in [-0.4, -0.2) is 47.0 Å². The fourth-order valence-electron chi connectivity index (χ4n) is 4.55. The predicted molar refractivity (Wildman–Crippen MR) is 132 cm³/mol. The van der Waals surface area contributed by atoms with Crippen LogP contribution in [0.1, 0.15) is 68.6 Å². The van der Waals surface area contributed by atoms with E-state index >= 15 is 0 Å². The molecule has 2 aromatic rings. The lowest BCUT2D eigenvalue weighted by molar-refractivity contribution is -0.135. The van der Waals surface area contributed by atoms with Crippen molar-refractivity contribution in [2.75, 3.05) is 31.1 Å². The first-order valence-corrected chi connectivity index (χ1v) is 12.4. The minimum absolute atomic E-state index is 0.158. The van der Waals surface area contributed by atoms with Gasteiger partial charge < -0.3 is 9.80 Å². The predicted octanol–water partition coefficient (Wildman–Crippen LogP) is 5.59. The molecular formula is C26H37ClN4O. The van der Waals surface area contributed by atoms with Crippen LogP contribution >= 0.6 is 11.6 Å². The summed E-state index contributed by atoms with van der Waals surface area (Å²) in [5.74, 6) is 2.29. The molecule has 0 N–H and O–H groups in total. The normalized spacial score (nSPS) is 15.5. The number of amides is 1. The first kappa shape index (κ1) is 24.5. The number of rotatable bonds is 8. The molecule has 174 valence electrons. The molecule has 1 aliphatic rings. The number of carbonyl (C=O) groups is 1. The van der Waals surface area contributed by atoms with Crippen molar-refractivity contribution in [1.82, 2.24) is 14.9 Å². The summed E-state index contributed by atoms with van der Waals surface area (Å²) < 4.78 is 0. The molecule has 1 aromatic heterocycles. The van der Waals surface area contributed by atoms with E-state index in [-0.39, 0.29) is 5.92 Å². The summed E-state index contributed by atoms with van der Waals surface area (Å²) >= 11 is 6.07. The van der Waals surface area contributed by atoms with Crippen LogP contribution in [0.3, 0.4) is 0 Å². The second-order valence-corrected chi connectivity index (χ2v) is 9.31. The molecule has 32 heavy (non-hydrogen) atoms. The highest BCUT2D eigenvalue weighted by Crippen LogP contribution is 2.26. The van der Waals surface area contributed by atoms with E-state index in [4.69, 9.17) is 16.6 Å². The first-order chi connectivity index (χ1) is 15.4. The molecule has 2 heterocycles. The van der Waals surface area contributed by atoms with E-state index in [1.54, 1.807) is 0 Å². The monoisotopic (exact) mass is 456 g/mol. The number of benzene rings is 1. The van der Waals surface area contributed by atoms with Crippen molar-refractivity contribution in [1.29, 1.82) is 0 Å². The van der Waals surface area contributed by atoms with E-state index in [1.807, 2.05) is 19.1 Å². The van der Waals surface area contributed by atoms with Gasteiger partial charge in [-0.1, -0.05) is 50.4 Å². The van der Waals surface area contributed by atoms with Crippen LogP contribution in [0, 0.1) is 19.8 Å². The Morgan fingerprint density at radius 2 is 1.81 bits per heavy atom. The first-order valence-electron chi connectivity index (χ1n) is 12.0. The number of halogens is 1. The molecule has 0 spiro atoms. The number of aryl methyl sites for hydroxylation is 2. The van der Waals surface area contributed by atoms with Gasteiger partial charge in [0.15, 0.2) is 0 Å². The Bertz CT molecular complexity index is 899. The van der Waals surface area contributed by atoms with Crippen molar-refractivity contribution in [2.45, 2.75) is 66.2 Å². The van der Waals surface area contributed by atoms with Gasteiger partial charge in [0.05, 0.1) is 0 Å². The third-order valence-electron chi connectivity index (χ3n) is 6.45. The lowest BCUT2D eigenvalue weighted by Gasteiger charge is -2.27. The van der Waals surface area contributed by atoms with Crippen LogP contribution in [0.25, 0.3) is 0 Å². The molecule has 0 saturated carbocycles. The maximum absolute atomic E-state index is 13.1. The topological polar surface area (TPSA) is 49.3 Å². The molecule has 1 fully saturated rings. The van der Waals surface area contributed by atoms with Crippen LogP contribution in [0.15, 0.2) is 24.3 Å². The van der Waals surface area contributed by atoms with Gasteiger partial charge >= 0.3 is 0 Å². The van der Waals surface area contributed by atoms with Crippen molar-refractivity contribution in [2.24, 2.45) is 5.92 Å². The van der Waals surface area contributed by atoms with Gasteiger partial charge in [-0.2, -0.15) is 0 Å². The maximum Gasteiger partial charge on any atom is 0.225 e. The van der Waals surface area contributed by atoms with Gasteiger partial charge in [0.2, 0.25) is 5.91 Å². The van der Waals surface area contributed by atoms with Gasteiger partial charge in [0.1, 0.15) is 11.6 Å². The second-order valence-electron chi connectivity index (χ2n) is 8.87. The van der Waals surface area contributed by atoms with E-state index in [9.17, 15) is 4.79 Å². The number of carbonyl (C=O) groups excluding carboxylic acids is 1. The van der Waals surface area contributed by atoms with Crippen LogP contribution in [0.2, 0.25) is 5.02 Å². The van der Waals surface area contributed by atoms with E-state index in [0.29, 0.717) is 5.91 Å². The quantitative estimate of drug-likeness (QED) is 0.519. The third kappa shape index (κ3) is 6.22. The molecular weight excluding hydrogens is 420 g/mol. The number of hydrogen-bond donors (Lipinski definition) is 0. The molecule has 1 unspecified atom stereocenters. The van der Waals surface area contributed by atoms with Crippen molar-refractivity contribution >= 4 is 23.3 Å². The molecule has 0 aliphatic carbocycles. The minimum Gasteiger partial charge on any atom is -0.354 e. The molecule has 1 atom stereocenters. The van der Waals surface area contributed by atoms with Crippen LogP contribution in [-0.2, 0) is 11.2 Å². The summed E-state index contributed by atoms with van der Waals surface area (Å²) in [7, 11) is 0. The standard InChI is InChI=1S/C26H37ClN4O/c1-5-7-9-22(6-2)26(32)31-15-8-14-30(16-17-31)25-24(19(3)28-20(4)29-25)18-21-10-12-23(27)13-11-21/h10-13,22H,5-9,14-18H2,1-4H3. The fourth-order valence-corrected chi connectivity index (χ4v) is 4.68. The average molecular weight is 457 g/mol. The Balaban J connectivity index is 1.78. The van der Waals surface area contributed by atoms with Gasteiger partial charge in [-0.25, -0.2) is 9.97 Å². The molecule has 3 rings (SSSR count). The number of aromatic nitrogens is 2. The lowest BCUT2D eigenvalue weighted by Crippen LogP contribution is -2.39. The molecule has 0 bridgehead atoms. The molecule has 1 saturated heterocycles. The van der Waals surface area contributed by atoms with E-state index in [0.717, 1.165) is 92.6 Å². The fraction of sp³-hybridized carbons (Fsp3) is 0.577. The molecule has 1 amide bonds. The lowest BCUT2D eigenvalue weighted by atomic mass is 9.97. The van der Waals surface area contributed by atoms with Gasteiger partial charge in [0.25, 0.3) is 0 Å². The summed E-state index contributed by atoms with van der Waals surface area (Å²) in [4.78, 5) is 27.1. The van der Waals surface area contributed by atoms with E-state index in [1.165, 1.54) is 5.56 Å². The van der Waals surface area contributed by atoms with Gasteiger partial charge in [-0.3, -0.25) is 4.79 Å². The zero-order valence-electron chi connectivity index (χ0n) is 20.0. The van der Waals surface area contributed by atoms with Gasteiger partial charge in [-0.15, -0.1) is 0 Å². The Hall–Kier alpha value is -2.14. The number of unbranched alkanes of at least 4 members (excludes halogenated alkanes) is 1. The van der Waals surface area contributed by atoms with E-state index in [2.05, 4.69) is 47.7 Å². The number of hydrogen-bond acceptors (Lipinski definition) is 4. The average Bonchev–Trinajstić information content (AvgIpc) is 3.03. The molecule has 1 aromatic carbocycles. The molecule has 6 heteroatoms. The summed E-state index contributed by atoms with van der Waals surface area (Å²) in [6, 6.07) is 7.99. The zero-order valence-corrected chi connectivity index (χ0v) is 20.8. The highest BCUT2D eigenvalue weighted by Gasteiger charge is 2.26. The second kappa shape index (κ2) is 11.6. The molecule has 0 radical (unpaired) electrons. The van der Waals surface area contributed by atoms with Crippen LogP contribution in [0.5, 0.6) is 0 Å². The number of nitrogens with zero attached hydrogens (tertiary/aromatic N) is 4. The highest BCUT2D eigenvalue weighted by molar-refractivity contribution is 6.30. The Kier molecular flexibility index (Phi) is 8.92. The van der Waals surface area contributed by atoms with Gasteiger partial charge in [0, 0.05) is 54.8 Å². The van der Waals surface area contributed by atoms with Crippen molar-refractivity contribution in [3.8, 4) is 0 Å². The van der Waals surface area contributed by atoms with E-state index < -0.39 is 0 Å². The van der Waals surface area contributed by atoms with Crippen molar-refractivity contribution in [3.05, 3.63) is 51.9 Å².